The van der Waals surface area contributed by atoms with Gasteiger partial charge in [0.15, 0.2) is 5.82 Å². The van der Waals surface area contributed by atoms with Crippen molar-refractivity contribution in [2.75, 3.05) is 0 Å². The van der Waals surface area contributed by atoms with Gasteiger partial charge in [-0.25, -0.2) is 0 Å². The molecule has 33 heavy (non-hydrogen) atoms. The Morgan fingerprint density at radius 1 is 1.33 bits per heavy atom. The minimum absolute atomic E-state index is 0.460. The molecule has 1 heterocycles. The first-order valence-corrected chi connectivity index (χ1v) is 11.5. The lowest BCUT2D eigenvalue weighted by Gasteiger charge is -2.11. The molecule has 1 saturated carbocycles. The van der Waals surface area contributed by atoms with Crippen LogP contribution in [-0.2, 0) is 6.54 Å². The van der Waals surface area contributed by atoms with Gasteiger partial charge >= 0.3 is 0 Å². The van der Waals surface area contributed by atoms with Crippen molar-refractivity contribution >= 4 is 23.3 Å². The van der Waals surface area contributed by atoms with Gasteiger partial charge in [-0.05, 0) is 60.9 Å². The molecule has 1 aromatic heterocycles. The molecule has 0 amide bonds. The number of benzene rings is 1. The molecule has 0 bridgehead atoms. The number of rotatable bonds is 11. The first kappa shape index (κ1) is 24.1. The molecule has 0 saturated heterocycles. The molecule has 0 spiro atoms. The average Bonchev–Trinajstić information content (AvgIpc) is 3.56. The van der Waals surface area contributed by atoms with E-state index in [0.29, 0.717) is 18.5 Å². The van der Waals surface area contributed by atoms with Gasteiger partial charge in [0.2, 0.25) is 0 Å². The summed E-state index contributed by atoms with van der Waals surface area (Å²) in [5.41, 5.74) is 4.03. The molecule has 1 unspecified atom stereocenters. The highest BCUT2D eigenvalue weighted by Gasteiger charge is 2.27. The zero-order valence-electron chi connectivity index (χ0n) is 19.9. The number of amidine groups is 1. The summed E-state index contributed by atoms with van der Waals surface area (Å²) in [6.07, 6.45) is 14.5. The third-order valence-corrected chi connectivity index (χ3v) is 5.53. The van der Waals surface area contributed by atoms with Crippen LogP contribution in [0.4, 0.5) is 0 Å². The van der Waals surface area contributed by atoms with E-state index < -0.39 is 0 Å². The smallest absolute Gasteiger partial charge is 0.180 e. The van der Waals surface area contributed by atoms with Gasteiger partial charge in [0.1, 0.15) is 6.33 Å². The maximum atomic E-state index is 4.74. The summed E-state index contributed by atoms with van der Waals surface area (Å²) in [6.45, 7) is 14.6. The van der Waals surface area contributed by atoms with Gasteiger partial charge < -0.3 is 9.88 Å². The third kappa shape index (κ3) is 6.97. The Morgan fingerprint density at radius 3 is 2.85 bits per heavy atom. The number of hydrogen-bond donors (Lipinski definition) is 1. The van der Waals surface area contributed by atoms with Crippen molar-refractivity contribution in [1.82, 2.24) is 20.1 Å². The molecule has 1 atom stereocenters. The largest absolute Gasteiger partial charge is 0.341 e. The van der Waals surface area contributed by atoms with Gasteiger partial charge in [-0.2, -0.15) is 0 Å². The molecule has 1 aromatic carbocycles. The van der Waals surface area contributed by atoms with Crippen LogP contribution in [0.1, 0.15) is 63.0 Å². The van der Waals surface area contributed by atoms with Gasteiger partial charge in [-0.3, -0.25) is 9.98 Å². The normalized spacial score (nSPS) is 16.2. The quantitative estimate of drug-likeness (QED) is 0.264. The van der Waals surface area contributed by atoms with Gasteiger partial charge in [0.05, 0.1) is 18.1 Å². The summed E-state index contributed by atoms with van der Waals surface area (Å²) in [6, 6.07) is 8.81. The predicted molar refractivity (Wildman–Crippen MR) is 139 cm³/mol. The standard InChI is InChI=1S/C27H34N6/c1-6-10-26(27-32-30-19-33(27)25-13-14-25)31-21(5)29-17-22-11-9-12-24(15-22)23(8-3)18-28-16-20(4)7-2/h6,8-12,15-16,18-20,25H,1,3,7,13-14,17H2,2,4-5H3,(H,29,31)/b23-18+,26-10-,28-16?. The molecule has 0 aliphatic heterocycles. The molecule has 172 valence electrons. The number of aliphatic imine (C=N–C) groups is 2. The van der Waals surface area contributed by atoms with Gasteiger partial charge in [0.25, 0.3) is 0 Å². The molecule has 3 rings (SSSR count). The van der Waals surface area contributed by atoms with Crippen molar-refractivity contribution in [2.24, 2.45) is 15.9 Å². The molecule has 1 fully saturated rings. The van der Waals surface area contributed by atoms with Crippen LogP contribution in [0.25, 0.3) is 11.3 Å². The van der Waals surface area contributed by atoms with E-state index in [-0.39, 0.29) is 0 Å². The van der Waals surface area contributed by atoms with Crippen molar-refractivity contribution in [3.8, 4) is 0 Å². The van der Waals surface area contributed by atoms with Crippen LogP contribution >= 0.6 is 0 Å². The fraction of sp³-hybridized carbons (Fsp3) is 0.333. The second-order valence-electron chi connectivity index (χ2n) is 8.31. The monoisotopic (exact) mass is 442 g/mol. The highest BCUT2D eigenvalue weighted by Crippen LogP contribution is 2.36. The first-order chi connectivity index (χ1) is 16.0. The molecule has 1 aliphatic rings. The molecule has 6 nitrogen and oxygen atoms in total. The maximum absolute atomic E-state index is 4.74. The van der Waals surface area contributed by atoms with Crippen LogP contribution in [0, 0.1) is 5.92 Å². The van der Waals surface area contributed by atoms with Gasteiger partial charge in [0, 0.05) is 18.5 Å². The van der Waals surface area contributed by atoms with Crippen molar-refractivity contribution in [2.45, 2.75) is 52.6 Å². The Hall–Kier alpha value is -3.54. The second-order valence-corrected chi connectivity index (χ2v) is 8.31. The van der Waals surface area contributed by atoms with E-state index in [2.05, 4.69) is 70.3 Å². The maximum Gasteiger partial charge on any atom is 0.180 e. The topological polar surface area (TPSA) is 67.5 Å². The molecule has 0 radical (unpaired) electrons. The highest BCUT2D eigenvalue weighted by molar-refractivity contribution is 5.88. The summed E-state index contributed by atoms with van der Waals surface area (Å²) in [4.78, 5) is 9.21. The van der Waals surface area contributed by atoms with Crippen LogP contribution in [0.2, 0.25) is 0 Å². The molecule has 6 heteroatoms. The number of nitrogens with one attached hydrogen (secondary N) is 1. The summed E-state index contributed by atoms with van der Waals surface area (Å²) in [5.74, 6) is 2.07. The van der Waals surface area contributed by atoms with Gasteiger partial charge in [-0.1, -0.05) is 57.4 Å². The van der Waals surface area contributed by atoms with E-state index in [1.807, 2.05) is 37.6 Å². The van der Waals surface area contributed by atoms with Crippen LogP contribution in [0.15, 0.2) is 78.2 Å². The SMILES string of the molecule is C=C/C=C(\NC(C)=NCc1cccc(/C(C=C)=C/N=CC(C)CC)c1)c1nncn1C1CC1. The minimum atomic E-state index is 0.460. The van der Waals surface area contributed by atoms with Crippen molar-refractivity contribution < 1.29 is 0 Å². The third-order valence-electron chi connectivity index (χ3n) is 5.53. The lowest BCUT2D eigenvalue weighted by Crippen LogP contribution is -2.21. The number of allylic oxidation sites excluding steroid dienone is 4. The fourth-order valence-electron chi connectivity index (χ4n) is 3.26. The van der Waals surface area contributed by atoms with E-state index in [4.69, 9.17) is 4.99 Å². The Morgan fingerprint density at radius 2 is 2.15 bits per heavy atom. The Bertz CT molecular complexity index is 1080. The number of aromatic nitrogens is 3. The van der Waals surface area contributed by atoms with E-state index in [1.165, 1.54) is 12.8 Å². The molecular formula is C27H34N6. The molecule has 1 N–H and O–H groups in total. The summed E-state index contributed by atoms with van der Waals surface area (Å²) in [5, 5.41) is 11.8. The summed E-state index contributed by atoms with van der Waals surface area (Å²) in [7, 11) is 0. The van der Waals surface area contributed by atoms with Crippen LogP contribution < -0.4 is 5.32 Å². The zero-order valence-corrected chi connectivity index (χ0v) is 19.9. The van der Waals surface area contributed by atoms with Gasteiger partial charge in [-0.15, -0.1) is 10.2 Å². The molecule has 2 aromatic rings. The number of hydrogen-bond acceptors (Lipinski definition) is 4. The highest BCUT2D eigenvalue weighted by atomic mass is 15.3. The lowest BCUT2D eigenvalue weighted by molar-refractivity contribution is 0.723. The van der Waals surface area contributed by atoms with Crippen LogP contribution in [-0.4, -0.2) is 26.8 Å². The minimum Gasteiger partial charge on any atom is -0.341 e. The average molecular weight is 443 g/mol. The lowest BCUT2D eigenvalue weighted by atomic mass is 10.0. The van der Waals surface area contributed by atoms with E-state index in [1.54, 1.807) is 12.4 Å². The zero-order chi connectivity index (χ0) is 23.6. The van der Waals surface area contributed by atoms with Crippen molar-refractivity contribution in [3.63, 3.8) is 0 Å². The summed E-state index contributed by atoms with van der Waals surface area (Å²) >= 11 is 0. The van der Waals surface area contributed by atoms with Crippen molar-refractivity contribution in [3.05, 3.63) is 85.1 Å². The second kappa shape index (κ2) is 11.9. The Labute approximate surface area is 197 Å². The van der Waals surface area contributed by atoms with E-state index in [0.717, 1.165) is 40.5 Å². The van der Waals surface area contributed by atoms with Crippen LogP contribution in [0.5, 0.6) is 0 Å². The molecule has 1 aliphatic carbocycles. The first-order valence-electron chi connectivity index (χ1n) is 11.5. The van der Waals surface area contributed by atoms with Crippen LogP contribution in [0.3, 0.4) is 0 Å². The predicted octanol–water partition coefficient (Wildman–Crippen LogP) is 5.99. The Kier molecular flexibility index (Phi) is 8.70. The molecular weight excluding hydrogens is 408 g/mol. The number of nitrogens with zero attached hydrogens (tertiary/aromatic N) is 5. The van der Waals surface area contributed by atoms with E-state index in [9.17, 15) is 0 Å². The van der Waals surface area contributed by atoms with Crippen molar-refractivity contribution in [1.29, 1.82) is 0 Å². The van der Waals surface area contributed by atoms with E-state index >= 15 is 0 Å². The Balaban J connectivity index is 1.70. The fourth-order valence-corrected chi connectivity index (χ4v) is 3.26. The summed E-state index contributed by atoms with van der Waals surface area (Å²) < 4.78 is 2.12.